The molecule has 8 atom stereocenters. The van der Waals surface area contributed by atoms with Gasteiger partial charge in [-0.2, -0.15) is 0 Å². The van der Waals surface area contributed by atoms with Gasteiger partial charge in [-0.15, -0.1) is 0 Å². The Hall–Kier alpha value is -0.300. The van der Waals surface area contributed by atoms with Gasteiger partial charge in [-0.1, -0.05) is 65.5 Å². The molecule has 0 aromatic rings. The summed E-state index contributed by atoms with van der Waals surface area (Å²) in [5.74, 6) is 5.46. The van der Waals surface area contributed by atoms with E-state index >= 15 is 0 Å². The number of hydrogen-bond donors (Lipinski definition) is 1. The summed E-state index contributed by atoms with van der Waals surface area (Å²) in [5, 5.41) is 10.2. The van der Waals surface area contributed by atoms with E-state index in [0.717, 1.165) is 48.3 Å². The van der Waals surface area contributed by atoms with Gasteiger partial charge < -0.3 is 5.11 Å². The van der Waals surface area contributed by atoms with E-state index in [2.05, 4.69) is 40.7 Å². The first-order valence-corrected chi connectivity index (χ1v) is 12.6. The maximum atomic E-state index is 10.2. The molecule has 1 heteroatoms. The van der Waals surface area contributed by atoms with Crippen LogP contribution in [0.5, 0.6) is 0 Å². The van der Waals surface area contributed by atoms with Crippen LogP contribution in [0, 0.1) is 46.3 Å². The average molecular weight is 389 g/mol. The Balaban J connectivity index is 1.49. The molecule has 0 bridgehead atoms. The summed E-state index contributed by atoms with van der Waals surface area (Å²) in [6, 6.07) is 0. The Kier molecular flexibility index (Phi) is 5.80. The van der Waals surface area contributed by atoms with Crippen LogP contribution in [0.25, 0.3) is 0 Å². The summed E-state index contributed by atoms with van der Waals surface area (Å²) >= 11 is 0. The van der Waals surface area contributed by atoms with E-state index in [-0.39, 0.29) is 6.10 Å². The molecule has 0 aromatic heterocycles. The third-order valence-corrected chi connectivity index (χ3v) is 10.3. The minimum atomic E-state index is -0.0766. The predicted octanol–water partition coefficient (Wildman–Crippen LogP) is 7.39. The van der Waals surface area contributed by atoms with Gasteiger partial charge in [0.2, 0.25) is 0 Å². The molecule has 28 heavy (non-hydrogen) atoms. The van der Waals surface area contributed by atoms with Gasteiger partial charge in [0.1, 0.15) is 0 Å². The third-order valence-electron chi connectivity index (χ3n) is 10.3. The first-order valence-electron chi connectivity index (χ1n) is 12.6. The molecule has 0 aromatic carbocycles. The summed E-state index contributed by atoms with van der Waals surface area (Å²) in [4.78, 5) is 0. The van der Waals surface area contributed by atoms with Gasteiger partial charge in [0.15, 0.2) is 0 Å². The predicted molar refractivity (Wildman–Crippen MR) is 119 cm³/mol. The minimum absolute atomic E-state index is 0.0766. The largest absolute Gasteiger partial charge is 0.393 e. The van der Waals surface area contributed by atoms with Crippen molar-refractivity contribution in [2.24, 2.45) is 46.3 Å². The standard InChI is InChI=1S/C27H46O/c1-18(2)7-6-8-19(3)23-11-12-24-22-10-9-20-17-21(28)13-15-26(20,4)25(22)14-16-27(23,24)5/h9,18-19,21-25,28H,6-8,10-17H2,1-5H3/i28+2. The number of hydrogen-bond acceptors (Lipinski definition) is 1. The van der Waals surface area contributed by atoms with Gasteiger partial charge >= 0.3 is 0 Å². The van der Waals surface area contributed by atoms with Crippen molar-refractivity contribution in [2.45, 2.75) is 111 Å². The third kappa shape index (κ3) is 3.42. The molecule has 160 valence electrons. The maximum Gasteiger partial charge on any atom is 0.0577 e. The van der Waals surface area contributed by atoms with Crippen molar-refractivity contribution in [2.75, 3.05) is 0 Å². The number of rotatable bonds is 5. The molecule has 8 unspecified atom stereocenters. The lowest BCUT2D eigenvalue weighted by molar-refractivity contribution is -0.0573. The summed E-state index contributed by atoms with van der Waals surface area (Å²) in [5.41, 5.74) is 2.60. The van der Waals surface area contributed by atoms with E-state index in [1.54, 1.807) is 5.57 Å². The Morgan fingerprint density at radius 2 is 1.79 bits per heavy atom. The highest BCUT2D eigenvalue weighted by molar-refractivity contribution is 5.25. The number of allylic oxidation sites excluding steroid dienone is 1. The second kappa shape index (κ2) is 7.75. The highest BCUT2D eigenvalue weighted by atomic mass is 18.2. The lowest BCUT2D eigenvalue weighted by atomic mass is 9.47. The van der Waals surface area contributed by atoms with E-state index in [9.17, 15) is 5.11 Å². The summed E-state index contributed by atoms with van der Waals surface area (Å²) in [7, 11) is 0. The normalized spacial score (nSPS) is 46.5. The molecule has 3 saturated carbocycles. The second-order valence-corrected chi connectivity index (χ2v) is 12.2. The van der Waals surface area contributed by atoms with Crippen molar-refractivity contribution in [3.8, 4) is 0 Å². The summed E-state index contributed by atoms with van der Waals surface area (Å²) in [6.07, 6.45) is 17.2. The van der Waals surface area contributed by atoms with Crippen LogP contribution in [0.15, 0.2) is 11.6 Å². The Morgan fingerprint density at radius 1 is 1.00 bits per heavy atom. The average Bonchev–Trinajstić information content (AvgIpc) is 2.99. The van der Waals surface area contributed by atoms with E-state index in [1.165, 1.54) is 57.8 Å². The minimum Gasteiger partial charge on any atom is -0.393 e. The molecular weight excluding hydrogens is 342 g/mol. The van der Waals surface area contributed by atoms with Gasteiger partial charge in [-0.25, -0.2) is 0 Å². The second-order valence-electron chi connectivity index (χ2n) is 12.2. The van der Waals surface area contributed by atoms with Crippen LogP contribution < -0.4 is 0 Å². The summed E-state index contributed by atoms with van der Waals surface area (Å²) < 4.78 is 0. The molecule has 0 spiro atoms. The van der Waals surface area contributed by atoms with E-state index in [4.69, 9.17) is 0 Å². The van der Waals surface area contributed by atoms with Crippen molar-refractivity contribution in [1.29, 1.82) is 0 Å². The number of aliphatic hydroxyl groups is 1. The van der Waals surface area contributed by atoms with Gasteiger partial charge in [-0.05, 0) is 97.7 Å². The van der Waals surface area contributed by atoms with Gasteiger partial charge in [0.25, 0.3) is 0 Å². The molecule has 4 rings (SSSR count). The van der Waals surface area contributed by atoms with Crippen LogP contribution >= 0.6 is 0 Å². The molecule has 1 nitrogen and oxygen atoms in total. The van der Waals surface area contributed by atoms with Crippen LogP contribution in [0.2, 0.25) is 0 Å². The smallest absolute Gasteiger partial charge is 0.0577 e. The molecule has 3 fully saturated rings. The van der Waals surface area contributed by atoms with Crippen molar-refractivity contribution in [1.82, 2.24) is 0 Å². The van der Waals surface area contributed by atoms with E-state index in [1.807, 2.05) is 0 Å². The van der Waals surface area contributed by atoms with E-state index in [0.29, 0.717) is 10.8 Å². The van der Waals surface area contributed by atoms with Gasteiger partial charge in [0, 0.05) is 0 Å². The monoisotopic (exact) mass is 388 g/mol. The van der Waals surface area contributed by atoms with Crippen molar-refractivity contribution >= 4 is 0 Å². The zero-order valence-corrected chi connectivity index (χ0v) is 19.3. The highest BCUT2D eigenvalue weighted by Gasteiger charge is 2.59. The first-order chi connectivity index (χ1) is 13.3. The zero-order chi connectivity index (χ0) is 20.1. The molecule has 0 radical (unpaired) electrons. The van der Waals surface area contributed by atoms with E-state index < -0.39 is 0 Å². The fourth-order valence-corrected chi connectivity index (χ4v) is 8.67. The van der Waals surface area contributed by atoms with Crippen LogP contribution in [0.3, 0.4) is 0 Å². The zero-order valence-electron chi connectivity index (χ0n) is 19.3. The first kappa shape index (κ1) is 21.0. The molecule has 4 aliphatic rings. The molecule has 1 N–H and O–H groups in total. The van der Waals surface area contributed by atoms with Crippen molar-refractivity contribution < 1.29 is 5.11 Å². The Morgan fingerprint density at radius 3 is 2.54 bits per heavy atom. The van der Waals surface area contributed by atoms with Crippen molar-refractivity contribution in [3.05, 3.63) is 11.6 Å². The lowest BCUT2D eigenvalue weighted by Gasteiger charge is -2.58. The molecule has 0 saturated heterocycles. The lowest BCUT2D eigenvalue weighted by Crippen LogP contribution is -2.50. The molecule has 0 amide bonds. The quantitative estimate of drug-likeness (QED) is 0.384. The number of aliphatic hydroxyl groups excluding tert-OH is 1. The van der Waals surface area contributed by atoms with Crippen LogP contribution in [0.4, 0.5) is 0 Å². The topological polar surface area (TPSA) is 20.2 Å². The SMILES string of the molecule is CC(C)CCCC(C)C1CCC2C3CC=C4CC([18OH])CCC4(C)C3CCC12C. The molecular formula is C27H46O. The number of fused-ring (bicyclic) bond motifs is 5. The highest BCUT2D eigenvalue weighted by Crippen LogP contribution is 2.67. The van der Waals surface area contributed by atoms with Gasteiger partial charge in [0.05, 0.1) is 6.10 Å². The molecule has 0 heterocycles. The Labute approximate surface area is 174 Å². The van der Waals surface area contributed by atoms with Crippen LogP contribution in [-0.4, -0.2) is 11.2 Å². The van der Waals surface area contributed by atoms with Crippen molar-refractivity contribution in [3.63, 3.8) is 0 Å². The van der Waals surface area contributed by atoms with Gasteiger partial charge in [-0.3, -0.25) is 0 Å². The fourth-order valence-electron chi connectivity index (χ4n) is 8.67. The summed E-state index contributed by atoms with van der Waals surface area (Å²) in [6.45, 7) is 12.6. The van der Waals surface area contributed by atoms with Crippen LogP contribution in [-0.2, 0) is 0 Å². The molecule has 4 aliphatic carbocycles. The Bertz CT molecular complexity index is 591. The maximum absolute atomic E-state index is 10.2. The van der Waals surface area contributed by atoms with Crippen LogP contribution in [0.1, 0.15) is 105 Å². The fraction of sp³-hybridized carbons (Fsp3) is 0.926. The molecule has 0 aliphatic heterocycles.